The van der Waals surface area contributed by atoms with Crippen LogP contribution in [0.15, 0.2) is 83.8 Å². The minimum absolute atomic E-state index is 0.0308. The summed E-state index contributed by atoms with van der Waals surface area (Å²) < 4.78 is 49.1. The van der Waals surface area contributed by atoms with E-state index in [-0.39, 0.29) is 65.7 Å². The summed E-state index contributed by atoms with van der Waals surface area (Å²) in [5, 5.41) is 18.0. The van der Waals surface area contributed by atoms with Gasteiger partial charge in [0, 0.05) is 36.5 Å². The first-order valence-corrected chi connectivity index (χ1v) is 26.3. The van der Waals surface area contributed by atoms with Crippen molar-refractivity contribution in [3.05, 3.63) is 98.7 Å². The molecule has 14 nitrogen and oxygen atoms in total. The van der Waals surface area contributed by atoms with Crippen molar-refractivity contribution < 1.29 is 51.6 Å². The molecule has 1 saturated heterocycles. The van der Waals surface area contributed by atoms with Gasteiger partial charge in [0.05, 0.1) is 34.8 Å². The van der Waals surface area contributed by atoms with Gasteiger partial charge in [0.1, 0.15) is 10.0 Å². The summed E-state index contributed by atoms with van der Waals surface area (Å²) in [6.07, 6.45) is 1.17. The Hall–Kier alpha value is -5.01. The van der Waals surface area contributed by atoms with E-state index in [1.165, 1.54) is 4.31 Å². The van der Waals surface area contributed by atoms with Crippen molar-refractivity contribution >= 4 is 91.2 Å². The second-order valence-corrected chi connectivity index (χ2v) is 23.4. The van der Waals surface area contributed by atoms with Gasteiger partial charge < -0.3 is 34.7 Å². The normalized spacial score (nSPS) is 16.8. The maximum Gasteiger partial charge on any atom is 0.352 e. The molecule has 2 aromatic heterocycles. The number of carbonyl (C=O) groups excluding carboxylic acids is 4. The third kappa shape index (κ3) is 12.3. The molecule has 2 aliphatic rings. The number of thiophene rings is 2. The van der Waals surface area contributed by atoms with Gasteiger partial charge >= 0.3 is 23.9 Å². The molecule has 1 saturated carbocycles. The first-order chi connectivity index (χ1) is 32.7. The second kappa shape index (κ2) is 21.5. The summed E-state index contributed by atoms with van der Waals surface area (Å²) >= 11 is 15.6. The highest BCUT2D eigenvalue weighted by molar-refractivity contribution is 7.89. The van der Waals surface area contributed by atoms with Crippen LogP contribution in [0, 0.1) is 10.8 Å². The molecule has 5 aromatic rings. The molecule has 3 aromatic carbocycles. The lowest BCUT2D eigenvalue weighted by Crippen LogP contribution is -2.42. The molecule has 0 radical (unpaired) electrons. The topological polar surface area (TPSA) is 187 Å². The van der Waals surface area contributed by atoms with Crippen LogP contribution in [0.2, 0.25) is 10.0 Å². The van der Waals surface area contributed by atoms with Gasteiger partial charge in [-0.15, -0.1) is 22.7 Å². The molecule has 1 atom stereocenters. The number of aliphatic hydroxyl groups is 1. The third-order valence-electron chi connectivity index (χ3n) is 11.9. The van der Waals surface area contributed by atoms with E-state index in [9.17, 15) is 32.7 Å². The lowest BCUT2D eigenvalue weighted by molar-refractivity contribution is -0.149. The van der Waals surface area contributed by atoms with Crippen LogP contribution in [0.3, 0.4) is 0 Å². The van der Waals surface area contributed by atoms with Gasteiger partial charge in [-0.3, -0.25) is 4.79 Å². The average Bonchev–Trinajstić information content (AvgIpc) is 3.80. The number of aliphatic hydroxyl groups excluding tert-OH is 1. The largest absolute Gasteiger partial charge is 0.465 e. The molecule has 1 aliphatic heterocycles. The summed E-state index contributed by atoms with van der Waals surface area (Å²) in [5.41, 5.74) is 3.09. The van der Waals surface area contributed by atoms with Gasteiger partial charge in [0.2, 0.25) is 10.0 Å². The van der Waals surface area contributed by atoms with Gasteiger partial charge in [-0.2, -0.15) is 4.31 Å². The van der Waals surface area contributed by atoms with E-state index < -0.39 is 46.4 Å². The number of methoxy groups -OCH3 is 1. The first kappa shape index (κ1) is 51.8. The zero-order valence-electron chi connectivity index (χ0n) is 39.1. The smallest absolute Gasteiger partial charge is 0.352 e. The predicted octanol–water partition coefficient (Wildman–Crippen LogP) is 11.0. The minimum Gasteiger partial charge on any atom is -0.465 e. The van der Waals surface area contributed by atoms with Crippen LogP contribution in [0.1, 0.15) is 92.5 Å². The standard InChI is InChI=1S/C50H55Cl2N3O11S3/c1-7-64-48(60)45-40(38(51)42(68-45)30-14-12-16-33(24-30)54-34-26-49(2,3)28-50(4,5)27-34)65-37(57)25-36(56)46(58)66-41-39(52)43(67-44(41)47(59)63-6)29-13-11-15-32(23-29)53-31-19-21-55(22-20-31)69(61,62)35-17-9-8-10-18-35/h8-18,23-24,31,34,36,53-54,56H,7,19-22,25-28H2,1-6H3. The Bertz CT molecular complexity index is 2810. The van der Waals surface area contributed by atoms with Crippen LogP contribution in [0.4, 0.5) is 11.4 Å². The first-order valence-electron chi connectivity index (χ1n) is 22.5. The number of hydrogen-bond acceptors (Lipinski definition) is 15. The van der Waals surface area contributed by atoms with Crippen LogP contribution >= 0.6 is 45.9 Å². The highest BCUT2D eigenvalue weighted by Gasteiger charge is 2.39. The molecule has 0 amide bonds. The summed E-state index contributed by atoms with van der Waals surface area (Å²) in [6.45, 7) is 11.4. The van der Waals surface area contributed by atoms with Gasteiger partial charge in [-0.25, -0.2) is 22.8 Å². The maximum absolute atomic E-state index is 13.4. The summed E-state index contributed by atoms with van der Waals surface area (Å²) in [5.74, 6) is -4.76. The molecule has 0 bridgehead atoms. The molecular weight excluding hydrogens is 986 g/mol. The average molecular weight is 1040 g/mol. The number of benzene rings is 3. The van der Waals surface area contributed by atoms with Gasteiger partial charge in [-0.1, -0.05) is 93.4 Å². The molecule has 2 fully saturated rings. The zero-order chi connectivity index (χ0) is 49.8. The fourth-order valence-corrected chi connectivity index (χ4v) is 13.7. The second-order valence-electron chi connectivity index (χ2n) is 18.7. The number of anilines is 2. The molecule has 3 heterocycles. The third-order valence-corrected chi connectivity index (χ3v) is 17.1. The monoisotopic (exact) mass is 1040 g/mol. The molecule has 368 valence electrons. The maximum atomic E-state index is 13.4. The molecule has 7 rings (SSSR count). The lowest BCUT2D eigenvalue weighted by Gasteiger charge is -2.45. The quantitative estimate of drug-likeness (QED) is 0.0793. The van der Waals surface area contributed by atoms with Crippen LogP contribution in [-0.2, 0) is 29.1 Å². The number of rotatable bonds is 16. The zero-order valence-corrected chi connectivity index (χ0v) is 43.0. The molecule has 69 heavy (non-hydrogen) atoms. The Kier molecular flexibility index (Phi) is 16.2. The Morgan fingerprint density at radius 1 is 0.768 bits per heavy atom. The number of nitrogens with one attached hydrogen (secondary N) is 2. The number of nitrogens with zero attached hydrogens (tertiary/aromatic N) is 1. The molecular formula is C50H55Cl2N3O11S3. The SMILES string of the molecule is CCOC(=O)c1sc(-c2cccc(NC3CC(C)(C)CC(C)(C)C3)c2)c(Cl)c1OC(=O)CC(O)C(=O)Oc1c(C(=O)OC)sc(-c2cccc(NC3CCN(S(=O)(=O)c4ccccc4)CC3)c2)c1Cl. The fourth-order valence-electron chi connectivity index (χ4n) is 9.37. The van der Waals surface area contributed by atoms with Crippen molar-refractivity contribution in [2.75, 3.05) is 37.4 Å². The number of sulfonamides is 1. The van der Waals surface area contributed by atoms with Crippen molar-refractivity contribution in [2.45, 2.75) is 96.2 Å². The fraction of sp³-hybridized carbons (Fsp3) is 0.400. The number of carbonyl (C=O) groups is 4. The van der Waals surface area contributed by atoms with Crippen LogP contribution in [0.5, 0.6) is 11.5 Å². The predicted molar refractivity (Wildman–Crippen MR) is 269 cm³/mol. The van der Waals surface area contributed by atoms with E-state index >= 15 is 0 Å². The van der Waals surface area contributed by atoms with Crippen molar-refractivity contribution in [1.82, 2.24) is 4.31 Å². The van der Waals surface area contributed by atoms with Crippen molar-refractivity contribution in [2.24, 2.45) is 10.8 Å². The van der Waals surface area contributed by atoms with E-state index in [1.807, 2.05) is 30.3 Å². The number of piperidine rings is 1. The minimum atomic E-state index is -3.62. The van der Waals surface area contributed by atoms with Crippen molar-refractivity contribution in [3.8, 4) is 32.4 Å². The number of esters is 4. The van der Waals surface area contributed by atoms with Gasteiger partial charge in [-0.05, 0) is 97.4 Å². The van der Waals surface area contributed by atoms with Crippen molar-refractivity contribution in [1.29, 1.82) is 0 Å². The Morgan fingerprint density at radius 3 is 1.83 bits per heavy atom. The lowest BCUT2D eigenvalue weighted by atomic mass is 9.63. The van der Waals surface area contributed by atoms with E-state index in [1.54, 1.807) is 55.5 Å². The van der Waals surface area contributed by atoms with E-state index in [4.69, 9.17) is 42.1 Å². The van der Waals surface area contributed by atoms with E-state index in [2.05, 4.69) is 38.3 Å². The number of hydrogen-bond donors (Lipinski definition) is 3. The van der Waals surface area contributed by atoms with Crippen LogP contribution in [-0.4, -0.2) is 86.7 Å². The van der Waals surface area contributed by atoms with Gasteiger partial charge in [0.25, 0.3) is 0 Å². The highest BCUT2D eigenvalue weighted by atomic mass is 35.5. The van der Waals surface area contributed by atoms with Gasteiger partial charge in [0.15, 0.2) is 27.4 Å². The number of halogens is 2. The number of ether oxygens (including phenoxy) is 4. The molecule has 1 unspecified atom stereocenters. The van der Waals surface area contributed by atoms with Crippen LogP contribution < -0.4 is 20.1 Å². The molecule has 3 N–H and O–H groups in total. The summed E-state index contributed by atoms with van der Waals surface area (Å²) in [4.78, 5) is 53.8. The van der Waals surface area contributed by atoms with Crippen molar-refractivity contribution in [3.63, 3.8) is 0 Å². The van der Waals surface area contributed by atoms with Crippen LogP contribution in [0.25, 0.3) is 20.9 Å². The Labute approximate surface area is 420 Å². The molecule has 1 aliphatic carbocycles. The molecule has 0 spiro atoms. The molecule has 19 heteroatoms. The van der Waals surface area contributed by atoms with E-state index in [0.29, 0.717) is 52.5 Å². The highest BCUT2D eigenvalue weighted by Crippen LogP contribution is 2.49. The van der Waals surface area contributed by atoms with E-state index in [0.717, 1.165) is 54.7 Å². The Morgan fingerprint density at radius 2 is 1.29 bits per heavy atom. The Balaban J connectivity index is 1.03. The summed E-state index contributed by atoms with van der Waals surface area (Å²) in [6, 6.07) is 23.2. The summed E-state index contributed by atoms with van der Waals surface area (Å²) in [7, 11) is -2.47.